The van der Waals surface area contributed by atoms with E-state index in [4.69, 9.17) is 10.00 Å². The Morgan fingerprint density at radius 2 is 1.86 bits per heavy atom. The topological polar surface area (TPSA) is 84.0 Å². The van der Waals surface area contributed by atoms with Crippen molar-refractivity contribution in [1.82, 2.24) is 14.8 Å². The van der Waals surface area contributed by atoms with Crippen molar-refractivity contribution < 1.29 is 9.53 Å². The molecule has 0 fully saturated rings. The predicted octanol–water partition coefficient (Wildman–Crippen LogP) is 5.56. The van der Waals surface area contributed by atoms with Crippen molar-refractivity contribution in [1.29, 1.82) is 5.26 Å². The third-order valence-electron chi connectivity index (χ3n) is 5.43. The lowest BCUT2D eigenvalue weighted by atomic mass is 10.1. The van der Waals surface area contributed by atoms with E-state index in [9.17, 15) is 4.79 Å². The molecule has 2 aromatic carbocycles. The number of benzene rings is 2. The molecule has 0 aliphatic carbocycles. The number of aromatic nitrogens is 3. The molecule has 35 heavy (non-hydrogen) atoms. The summed E-state index contributed by atoms with van der Waals surface area (Å²) in [5.74, 6) is 2.18. The number of aryl methyl sites for hydroxylation is 2. The maximum Gasteiger partial charge on any atom is 0.237 e. The first kappa shape index (κ1) is 26.3. The Bertz CT molecular complexity index is 1130. The maximum atomic E-state index is 13.3. The van der Waals surface area contributed by atoms with Crippen LogP contribution in [0.15, 0.2) is 53.7 Å². The van der Waals surface area contributed by atoms with Crippen LogP contribution < -0.4 is 9.64 Å². The van der Waals surface area contributed by atoms with Crippen molar-refractivity contribution in [3.05, 3.63) is 65.5 Å². The molecule has 8 heteroatoms. The maximum absolute atomic E-state index is 13.3. The number of carbonyl (C=O) groups is 1. The van der Waals surface area contributed by atoms with Crippen molar-refractivity contribution in [3.8, 4) is 11.8 Å². The van der Waals surface area contributed by atoms with Crippen LogP contribution >= 0.6 is 11.8 Å². The standard InChI is InChI=1S/C27H33N5O2S/c1-20(2)11-14-32-25(18-34-24-9-6-5-7-10-24)29-30-27(32)35-19-26(33)31(13-8-12-28)23-16-21(3)15-22(4)17-23/h5-7,9-10,15-17,20H,8,11,13-14,18-19H2,1-4H3. The fraction of sp³-hybridized carbons (Fsp3) is 0.407. The zero-order chi connectivity index (χ0) is 25.2. The summed E-state index contributed by atoms with van der Waals surface area (Å²) in [5, 5.41) is 18.5. The minimum atomic E-state index is -0.0595. The third kappa shape index (κ3) is 7.86. The van der Waals surface area contributed by atoms with E-state index in [1.165, 1.54) is 11.8 Å². The lowest BCUT2D eigenvalue weighted by Gasteiger charge is -2.22. The monoisotopic (exact) mass is 491 g/mol. The van der Waals surface area contributed by atoms with Crippen molar-refractivity contribution in [2.24, 2.45) is 5.92 Å². The van der Waals surface area contributed by atoms with Gasteiger partial charge in [-0.15, -0.1) is 10.2 Å². The minimum Gasteiger partial charge on any atom is -0.486 e. The van der Waals surface area contributed by atoms with Gasteiger partial charge in [-0.2, -0.15) is 5.26 Å². The molecule has 0 atom stereocenters. The number of carbonyl (C=O) groups excluding carboxylic acids is 1. The first-order chi connectivity index (χ1) is 16.9. The number of hydrogen-bond donors (Lipinski definition) is 0. The Morgan fingerprint density at radius 3 is 2.51 bits per heavy atom. The molecule has 0 saturated heterocycles. The van der Waals surface area contributed by atoms with Crippen molar-refractivity contribution in [2.45, 2.75) is 58.8 Å². The molecule has 0 aliphatic rings. The Balaban J connectivity index is 1.74. The van der Waals surface area contributed by atoms with Crippen LogP contribution in [0.5, 0.6) is 5.75 Å². The summed E-state index contributed by atoms with van der Waals surface area (Å²) in [6.07, 6.45) is 1.24. The molecule has 0 N–H and O–H groups in total. The van der Waals surface area contributed by atoms with Gasteiger partial charge in [-0.05, 0) is 61.6 Å². The zero-order valence-electron chi connectivity index (χ0n) is 20.9. The van der Waals surface area contributed by atoms with Gasteiger partial charge in [0.2, 0.25) is 5.91 Å². The number of hydrogen-bond acceptors (Lipinski definition) is 6. The highest BCUT2D eigenvalue weighted by molar-refractivity contribution is 7.99. The molecule has 0 saturated carbocycles. The van der Waals surface area contributed by atoms with E-state index in [1.54, 1.807) is 4.90 Å². The molecular formula is C27H33N5O2S. The fourth-order valence-corrected chi connectivity index (χ4v) is 4.54. The molecule has 1 amide bonds. The first-order valence-electron chi connectivity index (χ1n) is 11.9. The van der Waals surface area contributed by atoms with Crippen LogP contribution in [0.4, 0.5) is 5.69 Å². The molecule has 3 rings (SSSR count). The van der Waals surface area contributed by atoms with E-state index < -0.39 is 0 Å². The SMILES string of the molecule is Cc1cc(C)cc(N(CCC#N)C(=O)CSc2nnc(COc3ccccc3)n2CCC(C)C)c1. The van der Waals surface area contributed by atoms with Crippen LogP contribution in [0, 0.1) is 31.1 Å². The molecular weight excluding hydrogens is 458 g/mol. The summed E-state index contributed by atoms with van der Waals surface area (Å²) >= 11 is 1.37. The van der Waals surface area contributed by atoms with Crippen molar-refractivity contribution in [2.75, 3.05) is 17.2 Å². The van der Waals surface area contributed by atoms with Crippen molar-refractivity contribution in [3.63, 3.8) is 0 Å². The van der Waals surface area contributed by atoms with E-state index in [0.29, 0.717) is 24.2 Å². The van der Waals surface area contributed by atoms with E-state index >= 15 is 0 Å². The van der Waals surface area contributed by atoms with E-state index in [0.717, 1.165) is 41.4 Å². The average Bonchev–Trinajstić information content (AvgIpc) is 3.22. The van der Waals surface area contributed by atoms with E-state index in [-0.39, 0.29) is 18.1 Å². The van der Waals surface area contributed by atoms with Crippen LogP contribution in [0.3, 0.4) is 0 Å². The Kier molecular flexibility index (Phi) is 9.74. The van der Waals surface area contributed by atoms with Crippen molar-refractivity contribution >= 4 is 23.4 Å². The summed E-state index contributed by atoms with van der Waals surface area (Å²) < 4.78 is 7.96. The normalized spacial score (nSPS) is 10.9. The van der Waals surface area contributed by atoms with Gasteiger partial charge in [-0.1, -0.05) is 49.9 Å². The van der Waals surface area contributed by atoms with Crippen LogP contribution in [0.2, 0.25) is 0 Å². The molecule has 0 bridgehead atoms. The van der Waals surface area contributed by atoms with Gasteiger partial charge >= 0.3 is 0 Å². The molecule has 0 aliphatic heterocycles. The summed E-state index contributed by atoms with van der Waals surface area (Å²) in [6.45, 7) is 9.79. The molecule has 184 valence electrons. The van der Waals surface area contributed by atoms with Gasteiger partial charge in [-0.25, -0.2) is 0 Å². The van der Waals surface area contributed by atoms with Gasteiger partial charge in [0.05, 0.1) is 18.2 Å². The summed E-state index contributed by atoms with van der Waals surface area (Å²) in [4.78, 5) is 15.0. The second kappa shape index (κ2) is 13.0. The quantitative estimate of drug-likeness (QED) is 0.309. The summed E-state index contributed by atoms with van der Waals surface area (Å²) in [7, 11) is 0. The predicted molar refractivity (Wildman–Crippen MR) is 139 cm³/mol. The van der Waals surface area contributed by atoms with E-state index in [1.807, 2.05) is 56.3 Å². The summed E-state index contributed by atoms with van der Waals surface area (Å²) in [6, 6.07) is 17.8. The smallest absolute Gasteiger partial charge is 0.237 e. The number of thioether (sulfide) groups is 1. The highest BCUT2D eigenvalue weighted by atomic mass is 32.2. The van der Waals surface area contributed by atoms with Crippen LogP contribution in [-0.2, 0) is 17.9 Å². The molecule has 1 heterocycles. The number of anilines is 1. The Labute approximate surface area is 212 Å². The zero-order valence-corrected chi connectivity index (χ0v) is 21.7. The number of para-hydroxylation sites is 1. The minimum absolute atomic E-state index is 0.0595. The molecule has 3 aromatic rings. The van der Waals surface area contributed by atoms with Gasteiger partial charge < -0.3 is 14.2 Å². The van der Waals surface area contributed by atoms with Crippen LogP contribution in [0.1, 0.15) is 43.6 Å². The number of amides is 1. The Hall–Kier alpha value is -3.31. The largest absolute Gasteiger partial charge is 0.486 e. The molecule has 7 nitrogen and oxygen atoms in total. The van der Waals surface area contributed by atoms with Crippen LogP contribution in [-0.4, -0.2) is 33.0 Å². The highest BCUT2D eigenvalue weighted by Gasteiger charge is 2.20. The van der Waals surface area contributed by atoms with E-state index in [2.05, 4.69) is 40.7 Å². The molecule has 1 aromatic heterocycles. The molecule has 0 spiro atoms. The lowest BCUT2D eigenvalue weighted by molar-refractivity contribution is -0.116. The average molecular weight is 492 g/mol. The second-order valence-electron chi connectivity index (χ2n) is 8.92. The Morgan fingerprint density at radius 1 is 1.14 bits per heavy atom. The number of nitrogens with zero attached hydrogens (tertiary/aromatic N) is 5. The number of ether oxygens (including phenoxy) is 1. The van der Waals surface area contributed by atoms with Gasteiger partial charge in [0.25, 0.3) is 0 Å². The fourth-order valence-electron chi connectivity index (χ4n) is 3.68. The van der Waals surface area contributed by atoms with Crippen LogP contribution in [0.25, 0.3) is 0 Å². The van der Waals surface area contributed by atoms with Gasteiger partial charge in [0.1, 0.15) is 12.4 Å². The molecule has 0 unspecified atom stereocenters. The van der Waals surface area contributed by atoms with Gasteiger partial charge in [0.15, 0.2) is 11.0 Å². The first-order valence-corrected chi connectivity index (χ1v) is 12.8. The third-order valence-corrected chi connectivity index (χ3v) is 6.38. The summed E-state index contributed by atoms with van der Waals surface area (Å²) in [5.41, 5.74) is 2.99. The second-order valence-corrected chi connectivity index (χ2v) is 9.87. The number of nitriles is 1. The molecule has 0 radical (unpaired) electrons. The van der Waals surface area contributed by atoms with Gasteiger partial charge in [0, 0.05) is 18.8 Å². The lowest BCUT2D eigenvalue weighted by Crippen LogP contribution is -2.33. The number of rotatable bonds is 12. The highest BCUT2D eigenvalue weighted by Crippen LogP contribution is 2.24. The van der Waals surface area contributed by atoms with Gasteiger partial charge in [-0.3, -0.25) is 4.79 Å².